The van der Waals surface area contributed by atoms with Gasteiger partial charge in [0.05, 0.1) is 13.2 Å². The summed E-state index contributed by atoms with van der Waals surface area (Å²) in [4.78, 5) is 14.1. The molecule has 2 heterocycles. The van der Waals surface area contributed by atoms with Crippen LogP contribution in [0.5, 0.6) is 0 Å². The number of hydrogen-bond donors (Lipinski definition) is 1. The number of amides is 1. The number of rotatable bonds is 5. The van der Waals surface area contributed by atoms with Gasteiger partial charge in [0.1, 0.15) is 17.4 Å². The van der Waals surface area contributed by atoms with Crippen molar-refractivity contribution >= 4 is 17.9 Å². The Hall–Kier alpha value is -2.26. The first-order valence-corrected chi connectivity index (χ1v) is 7.49. The minimum absolute atomic E-state index is 0.0322. The van der Waals surface area contributed by atoms with Crippen LogP contribution in [0.15, 0.2) is 22.1 Å². The third kappa shape index (κ3) is 4.12. The van der Waals surface area contributed by atoms with Gasteiger partial charge in [0.2, 0.25) is 0 Å². The number of nitrogens with zero attached hydrogens (tertiary/aromatic N) is 2. The van der Waals surface area contributed by atoms with Crippen LogP contribution in [0.2, 0.25) is 0 Å². The molecule has 0 aliphatic carbocycles. The summed E-state index contributed by atoms with van der Waals surface area (Å²) >= 11 is 0. The van der Waals surface area contributed by atoms with E-state index in [9.17, 15) is 4.79 Å². The summed E-state index contributed by atoms with van der Waals surface area (Å²) < 4.78 is 11.0. The molecule has 2 rings (SSSR count). The Balaban J connectivity index is 2.08. The average molecular weight is 303 g/mol. The smallest absolute Gasteiger partial charge is 0.262 e. The van der Waals surface area contributed by atoms with Crippen LogP contribution in [-0.2, 0) is 9.53 Å². The van der Waals surface area contributed by atoms with Crippen molar-refractivity contribution in [3.05, 3.63) is 23.5 Å². The molecule has 1 aliphatic heterocycles. The fourth-order valence-corrected chi connectivity index (χ4v) is 2.07. The maximum Gasteiger partial charge on any atom is 0.262 e. The molecule has 0 aromatic carbocycles. The van der Waals surface area contributed by atoms with Gasteiger partial charge in [0, 0.05) is 31.3 Å². The summed E-state index contributed by atoms with van der Waals surface area (Å²) in [6, 6.07) is 5.56. The van der Waals surface area contributed by atoms with Crippen molar-refractivity contribution in [2.75, 3.05) is 31.2 Å². The molecular formula is C16H21N3O3. The Kier molecular flexibility index (Phi) is 5.61. The van der Waals surface area contributed by atoms with Gasteiger partial charge in [-0.25, -0.2) is 0 Å². The van der Waals surface area contributed by atoms with Crippen LogP contribution >= 0.6 is 0 Å². The predicted molar refractivity (Wildman–Crippen MR) is 83.2 cm³/mol. The highest BCUT2D eigenvalue weighted by Crippen LogP contribution is 2.21. The molecule has 118 valence electrons. The van der Waals surface area contributed by atoms with Crippen LogP contribution in [0.1, 0.15) is 26.0 Å². The molecule has 1 atom stereocenters. The van der Waals surface area contributed by atoms with Gasteiger partial charge in [-0.05, 0) is 19.4 Å². The predicted octanol–water partition coefficient (Wildman–Crippen LogP) is 1.94. The second-order valence-electron chi connectivity index (χ2n) is 5.23. The van der Waals surface area contributed by atoms with Gasteiger partial charge in [0.25, 0.3) is 5.91 Å². The number of carbonyl (C=O) groups is 1. The molecule has 22 heavy (non-hydrogen) atoms. The fraction of sp³-hybridized carbons (Fsp3) is 0.500. The molecule has 0 saturated carbocycles. The van der Waals surface area contributed by atoms with E-state index in [1.807, 2.05) is 26.0 Å². The topological polar surface area (TPSA) is 78.5 Å². The molecule has 0 radical (unpaired) electrons. The van der Waals surface area contributed by atoms with Crippen LogP contribution in [-0.4, -0.2) is 38.3 Å². The Morgan fingerprint density at radius 1 is 1.50 bits per heavy atom. The summed E-state index contributed by atoms with van der Waals surface area (Å²) in [7, 11) is 0. The summed E-state index contributed by atoms with van der Waals surface area (Å²) in [5.74, 6) is 0.854. The standard InChI is InChI=1S/C16H21N3O3/c1-3-12(2)18-16(20)13(11-17)10-14-4-5-15(22-14)19-6-8-21-9-7-19/h4-5,10,12H,3,6-9H2,1-2H3,(H,18,20)/b13-10+/t12-/m0/s1. The minimum atomic E-state index is -0.374. The van der Waals surface area contributed by atoms with Crippen molar-refractivity contribution in [2.24, 2.45) is 0 Å². The fourth-order valence-electron chi connectivity index (χ4n) is 2.07. The van der Waals surface area contributed by atoms with E-state index in [4.69, 9.17) is 14.4 Å². The molecule has 1 saturated heterocycles. The monoisotopic (exact) mass is 303 g/mol. The van der Waals surface area contributed by atoms with Crippen molar-refractivity contribution in [1.82, 2.24) is 5.32 Å². The summed E-state index contributed by atoms with van der Waals surface area (Å²) in [5.41, 5.74) is 0.0446. The molecule has 1 aromatic heterocycles. The third-order valence-corrected chi connectivity index (χ3v) is 3.58. The van der Waals surface area contributed by atoms with Crippen molar-refractivity contribution in [3.8, 4) is 6.07 Å². The second-order valence-corrected chi connectivity index (χ2v) is 5.23. The number of nitriles is 1. The molecule has 1 N–H and O–H groups in total. The zero-order valence-corrected chi connectivity index (χ0v) is 13.0. The van der Waals surface area contributed by atoms with Crippen LogP contribution in [0, 0.1) is 11.3 Å². The zero-order chi connectivity index (χ0) is 15.9. The Morgan fingerprint density at radius 2 is 2.23 bits per heavy atom. The maximum atomic E-state index is 12.0. The molecular weight excluding hydrogens is 282 g/mol. The lowest BCUT2D eigenvalue weighted by Crippen LogP contribution is -2.35. The van der Waals surface area contributed by atoms with Gasteiger partial charge in [-0.2, -0.15) is 5.26 Å². The number of hydrogen-bond acceptors (Lipinski definition) is 5. The number of anilines is 1. The van der Waals surface area contributed by atoms with E-state index in [0.29, 0.717) is 19.0 Å². The first kappa shape index (κ1) is 16.1. The lowest BCUT2D eigenvalue weighted by Gasteiger charge is -2.26. The molecule has 1 amide bonds. The maximum absolute atomic E-state index is 12.0. The molecule has 0 unspecified atom stereocenters. The van der Waals surface area contributed by atoms with E-state index in [0.717, 1.165) is 25.4 Å². The molecule has 1 aliphatic rings. The van der Waals surface area contributed by atoms with E-state index in [2.05, 4.69) is 10.2 Å². The zero-order valence-electron chi connectivity index (χ0n) is 13.0. The van der Waals surface area contributed by atoms with Gasteiger partial charge in [0.15, 0.2) is 5.88 Å². The molecule has 1 fully saturated rings. The van der Waals surface area contributed by atoms with Gasteiger partial charge in [-0.1, -0.05) is 6.92 Å². The largest absolute Gasteiger partial charge is 0.441 e. The van der Waals surface area contributed by atoms with E-state index in [-0.39, 0.29) is 17.5 Å². The number of ether oxygens (including phenoxy) is 1. The SMILES string of the molecule is CC[C@H](C)NC(=O)/C(C#N)=C/c1ccc(N2CCOCC2)o1. The molecule has 0 spiro atoms. The van der Waals surface area contributed by atoms with Gasteiger partial charge in [-0.3, -0.25) is 4.79 Å². The van der Waals surface area contributed by atoms with E-state index in [1.54, 1.807) is 6.07 Å². The van der Waals surface area contributed by atoms with Crippen molar-refractivity contribution in [2.45, 2.75) is 26.3 Å². The van der Waals surface area contributed by atoms with E-state index >= 15 is 0 Å². The first-order chi connectivity index (χ1) is 10.6. The Bertz CT molecular complexity index is 580. The first-order valence-electron chi connectivity index (χ1n) is 7.49. The van der Waals surface area contributed by atoms with Gasteiger partial charge >= 0.3 is 0 Å². The van der Waals surface area contributed by atoms with Crippen LogP contribution < -0.4 is 10.2 Å². The summed E-state index contributed by atoms with van der Waals surface area (Å²) in [6.45, 7) is 6.77. The Labute approximate surface area is 130 Å². The highest BCUT2D eigenvalue weighted by atomic mass is 16.5. The van der Waals surface area contributed by atoms with Crippen molar-refractivity contribution in [1.29, 1.82) is 5.26 Å². The normalized spacial score (nSPS) is 17.0. The molecule has 0 bridgehead atoms. The van der Waals surface area contributed by atoms with Crippen LogP contribution in [0.4, 0.5) is 5.88 Å². The van der Waals surface area contributed by atoms with Crippen LogP contribution in [0.25, 0.3) is 6.08 Å². The second kappa shape index (κ2) is 7.66. The minimum Gasteiger partial charge on any atom is -0.441 e. The quantitative estimate of drug-likeness (QED) is 0.664. The number of carbonyl (C=O) groups excluding carboxylic acids is 1. The molecule has 1 aromatic rings. The molecule has 6 heteroatoms. The van der Waals surface area contributed by atoms with Crippen LogP contribution in [0.3, 0.4) is 0 Å². The number of furan rings is 1. The lowest BCUT2D eigenvalue weighted by atomic mass is 10.2. The highest BCUT2D eigenvalue weighted by molar-refractivity contribution is 6.01. The van der Waals surface area contributed by atoms with Crippen molar-refractivity contribution < 1.29 is 13.9 Å². The highest BCUT2D eigenvalue weighted by Gasteiger charge is 2.16. The third-order valence-electron chi connectivity index (χ3n) is 3.58. The van der Waals surface area contributed by atoms with Gasteiger partial charge in [-0.15, -0.1) is 0 Å². The molecule has 6 nitrogen and oxygen atoms in total. The van der Waals surface area contributed by atoms with E-state index < -0.39 is 0 Å². The van der Waals surface area contributed by atoms with E-state index in [1.165, 1.54) is 6.08 Å². The number of morpholine rings is 1. The van der Waals surface area contributed by atoms with Gasteiger partial charge < -0.3 is 19.4 Å². The summed E-state index contributed by atoms with van der Waals surface area (Å²) in [6.07, 6.45) is 2.29. The average Bonchev–Trinajstić information content (AvgIpc) is 3.01. The summed E-state index contributed by atoms with van der Waals surface area (Å²) in [5, 5.41) is 11.9. The van der Waals surface area contributed by atoms with Crippen molar-refractivity contribution in [3.63, 3.8) is 0 Å². The number of nitrogens with one attached hydrogen (secondary N) is 1. The lowest BCUT2D eigenvalue weighted by molar-refractivity contribution is -0.117. The Morgan fingerprint density at radius 3 is 2.86 bits per heavy atom.